The van der Waals surface area contributed by atoms with E-state index in [0.717, 1.165) is 23.8 Å². The van der Waals surface area contributed by atoms with Crippen LogP contribution in [0.15, 0.2) is 21.9 Å². The Hall–Kier alpha value is -1.87. The summed E-state index contributed by atoms with van der Waals surface area (Å²) in [7, 11) is -11.1. The SMILES string of the molecule is CC(=O)N[C@H]1[C@@H](OP(=O)(O)OP(=O)(O)OC[C@H]2O[C@@H](n3ccc(=O)[nH]c3=O)[C@H](O)[C@@H]2O)O[C@@H]([C@H](O)CO)[C@@H]1O. The van der Waals surface area contributed by atoms with Crippen LogP contribution in [0.4, 0.5) is 0 Å². The first-order valence-electron chi connectivity index (χ1n) is 11.0. The number of nitrogens with one attached hydrogen (secondary N) is 2. The predicted octanol–water partition coefficient (Wildman–Crippen LogP) is -4.65. The van der Waals surface area contributed by atoms with Crippen molar-refractivity contribution in [3.05, 3.63) is 33.1 Å². The molecule has 9 N–H and O–H groups in total. The Kier molecular flexibility index (Phi) is 10.0. The van der Waals surface area contributed by atoms with Crippen LogP contribution in [0.5, 0.6) is 0 Å². The quantitative estimate of drug-likeness (QED) is 0.107. The molecule has 39 heavy (non-hydrogen) atoms. The summed E-state index contributed by atoms with van der Waals surface area (Å²) in [5.74, 6) is -0.764. The van der Waals surface area contributed by atoms with Crippen molar-refractivity contribution in [2.24, 2.45) is 0 Å². The van der Waals surface area contributed by atoms with Gasteiger partial charge in [-0.1, -0.05) is 0 Å². The lowest BCUT2D eigenvalue weighted by Crippen LogP contribution is -2.49. The maximum Gasteiger partial charge on any atom is 0.483 e. The summed E-state index contributed by atoms with van der Waals surface area (Å²) < 4.78 is 49.2. The summed E-state index contributed by atoms with van der Waals surface area (Å²) in [4.78, 5) is 56.4. The fourth-order valence-corrected chi connectivity index (χ4v) is 5.95. The van der Waals surface area contributed by atoms with Crippen molar-refractivity contribution >= 4 is 21.6 Å². The maximum absolute atomic E-state index is 12.4. The van der Waals surface area contributed by atoms with Crippen LogP contribution in [-0.4, -0.2) is 113 Å². The highest BCUT2D eigenvalue weighted by Gasteiger charge is 2.52. The third-order valence-electron chi connectivity index (χ3n) is 5.53. The van der Waals surface area contributed by atoms with E-state index >= 15 is 0 Å². The van der Waals surface area contributed by atoms with Crippen molar-refractivity contribution in [1.82, 2.24) is 14.9 Å². The second-order valence-corrected chi connectivity index (χ2v) is 11.4. The number of nitrogens with zero attached hydrogens (tertiary/aromatic N) is 1. The van der Waals surface area contributed by atoms with Crippen LogP contribution >= 0.6 is 15.6 Å². The molecule has 20 nitrogen and oxygen atoms in total. The Bertz CT molecular complexity index is 1240. The average Bonchev–Trinajstić information content (AvgIpc) is 3.27. The Morgan fingerprint density at radius 1 is 1.15 bits per heavy atom. The van der Waals surface area contributed by atoms with Crippen molar-refractivity contribution in [2.45, 2.75) is 62.1 Å². The van der Waals surface area contributed by atoms with Crippen molar-refractivity contribution in [3.63, 3.8) is 0 Å². The molecule has 2 aliphatic heterocycles. The molecule has 2 fully saturated rings. The topological polar surface area (TPSA) is 306 Å². The molecule has 22 heteroatoms. The first-order valence-corrected chi connectivity index (χ1v) is 14.0. The van der Waals surface area contributed by atoms with Gasteiger partial charge >= 0.3 is 21.3 Å². The minimum atomic E-state index is -5.60. The number of amides is 1. The highest BCUT2D eigenvalue weighted by atomic mass is 31.3. The highest BCUT2D eigenvalue weighted by molar-refractivity contribution is 7.61. The van der Waals surface area contributed by atoms with E-state index in [9.17, 15) is 53.7 Å². The van der Waals surface area contributed by atoms with E-state index in [1.165, 1.54) is 0 Å². The Balaban J connectivity index is 1.64. The van der Waals surface area contributed by atoms with Gasteiger partial charge in [0.25, 0.3) is 5.56 Å². The van der Waals surface area contributed by atoms with Gasteiger partial charge in [0.2, 0.25) is 5.91 Å². The summed E-state index contributed by atoms with van der Waals surface area (Å²) in [6, 6.07) is -0.660. The number of H-pyrrole nitrogens is 1. The first kappa shape index (κ1) is 31.7. The van der Waals surface area contributed by atoms with Crippen molar-refractivity contribution in [3.8, 4) is 0 Å². The molecule has 0 saturated carbocycles. The Morgan fingerprint density at radius 3 is 2.41 bits per heavy atom. The van der Waals surface area contributed by atoms with E-state index in [-0.39, 0.29) is 0 Å². The van der Waals surface area contributed by atoms with Crippen LogP contribution in [0.1, 0.15) is 13.2 Å². The lowest BCUT2D eigenvalue weighted by molar-refractivity contribution is -0.137. The molecule has 0 radical (unpaired) electrons. The van der Waals surface area contributed by atoms with Gasteiger partial charge < -0.3 is 50.1 Å². The monoisotopic (exact) mass is 607 g/mol. The molecule has 0 bridgehead atoms. The first-order chi connectivity index (χ1) is 18.0. The zero-order valence-electron chi connectivity index (χ0n) is 19.8. The van der Waals surface area contributed by atoms with Crippen LogP contribution in [0, 0.1) is 0 Å². The number of phosphoric ester groups is 2. The fraction of sp³-hybridized carbons (Fsp3) is 0.706. The molecule has 0 aliphatic carbocycles. The number of hydrogen-bond acceptors (Lipinski definition) is 15. The van der Waals surface area contributed by atoms with Crippen LogP contribution in [0.25, 0.3) is 0 Å². The summed E-state index contributed by atoms with van der Waals surface area (Å²) in [6.07, 6.45) is -12.8. The lowest BCUT2D eigenvalue weighted by Gasteiger charge is -2.24. The number of rotatable bonds is 11. The van der Waals surface area contributed by atoms with Crippen LogP contribution in [-0.2, 0) is 36.8 Å². The van der Waals surface area contributed by atoms with E-state index in [0.29, 0.717) is 0 Å². The smallest absolute Gasteiger partial charge is 0.394 e. The average molecular weight is 607 g/mol. The van der Waals surface area contributed by atoms with Gasteiger partial charge in [0.1, 0.15) is 42.7 Å². The molecule has 2 saturated heterocycles. The molecule has 2 unspecified atom stereocenters. The molecule has 3 rings (SSSR count). The summed E-state index contributed by atoms with van der Waals surface area (Å²) in [5, 5.41) is 51.6. The number of carbonyl (C=O) groups excluding carboxylic acids is 1. The van der Waals surface area contributed by atoms with Crippen LogP contribution in [0.2, 0.25) is 0 Å². The number of ether oxygens (including phenoxy) is 2. The van der Waals surface area contributed by atoms with Crippen molar-refractivity contribution in [2.75, 3.05) is 13.2 Å². The zero-order chi connectivity index (χ0) is 29.3. The van der Waals surface area contributed by atoms with Crippen molar-refractivity contribution in [1.29, 1.82) is 0 Å². The zero-order valence-corrected chi connectivity index (χ0v) is 21.6. The van der Waals surface area contributed by atoms with E-state index in [1.54, 1.807) is 0 Å². The van der Waals surface area contributed by atoms with Gasteiger partial charge in [0.05, 0.1) is 13.2 Å². The van der Waals surface area contributed by atoms with Crippen LogP contribution in [0.3, 0.4) is 0 Å². The normalized spacial score (nSPS) is 34.8. The molecule has 222 valence electrons. The Labute approximate surface area is 217 Å². The van der Waals surface area contributed by atoms with E-state index in [2.05, 4.69) is 18.7 Å². The van der Waals surface area contributed by atoms with Gasteiger partial charge in [0, 0.05) is 19.2 Å². The van der Waals surface area contributed by atoms with Gasteiger partial charge in [0.15, 0.2) is 12.5 Å². The number of hydrogen-bond donors (Lipinski definition) is 9. The molecule has 0 spiro atoms. The van der Waals surface area contributed by atoms with E-state index < -0.39 is 101 Å². The number of phosphoric acid groups is 2. The molecule has 0 aromatic carbocycles. The maximum atomic E-state index is 12.4. The molecule has 1 amide bonds. The minimum absolute atomic E-state index is 0.725. The summed E-state index contributed by atoms with van der Waals surface area (Å²) >= 11 is 0. The third-order valence-corrected chi connectivity index (χ3v) is 8.13. The van der Waals surface area contributed by atoms with Gasteiger partial charge in [-0.25, -0.2) is 13.9 Å². The van der Waals surface area contributed by atoms with Gasteiger partial charge in [-0.05, 0) is 0 Å². The van der Waals surface area contributed by atoms with E-state index in [1.807, 2.05) is 4.98 Å². The predicted molar refractivity (Wildman–Crippen MR) is 120 cm³/mol. The van der Waals surface area contributed by atoms with Crippen LogP contribution < -0.4 is 16.6 Å². The molecule has 2 aliphatic rings. The highest BCUT2D eigenvalue weighted by Crippen LogP contribution is 2.61. The third kappa shape index (κ3) is 7.66. The van der Waals surface area contributed by atoms with Gasteiger partial charge in [-0.3, -0.25) is 28.2 Å². The Morgan fingerprint density at radius 2 is 1.82 bits per heavy atom. The molecule has 1 aromatic rings. The number of aliphatic hydroxyl groups is 5. The van der Waals surface area contributed by atoms with E-state index in [4.69, 9.17) is 14.6 Å². The van der Waals surface area contributed by atoms with Gasteiger partial charge in [-0.15, -0.1) is 0 Å². The number of carbonyl (C=O) groups is 1. The molecular formula is C17H27N3O17P2. The number of aromatic nitrogens is 2. The fourth-order valence-electron chi connectivity index (χ4n) is 3.78. The second kappa shape index (κ2) is 12.3. The molecule has 1 aromatic heterocycles. The lowest BCUT2D eigenvalue weighted by atomic mass is 10.0. The van der Waals surface area contributed by atoms with Gasteiger partial charge in [-0.2, -0.15) is 4.31 Å². The summed E-state index contributed by atoms with van der Waals surface area (Å²) in [5.41, 5.74) is -1.75. The molecular weight excluding hydrogens is 580 g/mol. The molecule has 3 heterocycles. The summed E-state index contributed by atoms with van der Waals surface area (Å²) in [6.45, 7) is -0.923. The number of aliphatic hydroxyl groups excluding tert-OH is 5. The van der Waals surface area contributed by atoms with Crippen molar-refractivity contribution < 1.29 is 72.1 Å². The molecule has 11 atom stereocenters. The minimum Gasteiger partial charge on any atom is -0.394 e. The second-order valence-electron chi connectivity index (χ2n) is 8.42. The number of aromatic amines is 1. The standard InChI is InChI=1S/C17H27N3O17P2/c1-6(22)18-10-12(26)14(7(23)4-21)35-16(10)36-39(31,32)37-38(29,30)33-5-8-11(25)13(27)15(34-8)20-3-2-9(24)19-17(20)28/h2-3,7-8,10-16,21,23,25-27H,4-5H2,1H3,(H,18,22)(H,29,30)(H,31,32)(H,19,24,28)/t7-,8-,10-,11-,12-,13-,14+,15-,16-/m1/s1. The largest absolute Gasteiger partial charge is 0.483 e.